The van der Waals surface area contributed by atoms with Gasteiger partial charge in [-0.05, 0) is 29.3 Å². The summed E-state index contributed by atoms with van der Waals surface area (Å²) in [6.45, 7) is 0.513. The average molecular weight is 428 g/mol. The Morgan fingerprint density at radius 1 is 1.00 bits per heavy atom. The van der Waals surface area contributed by atoms with Crippen LogP contribution in [0.25, 0.3) is 22.0 Å². The van der Waals surface area contributed by atoms with Gasteiger partial charge >= 0.3 is 0 Å². The van der Waals surface area contributed by atoms with Crippen LogP contribution in [-0.2, 0) is 4.79 Å². The first-order chi connectivity index (χ1) is 15.3. The Kier molecular flexibility index (Phi) is 5.46. The SMILES string of the molecule is O=C(CSc1nc2ccccc2o1)NCC(c1ccccc1)c1c[nH]c2ccccc12. The zero-order valence-electron chi connectivity index (χ0n) is 16.7. The van der Waals surface area contributed by atoms with Crippen molar-refractivity contribution in [3.63, 3.8) is 0 Å². The fourth-order valence-electron chi connectivity index (χ4n) is 3.78. The number of carbonyl (C=O) groups excluding carboxylic acids is 1. The number of aromatic amines is 1. The number of para-hydroxylation sites is 3. The lowest BCUT2D eigenvalue weighted by atomic mass is 9.91. The standard InChI is InChI=1S/C25H21N3O2S/c29-24(16-31-25-28-22-12-6-7-13-23(22)30-25)27-14-19(17-8-2-1-3-9-17)20-15-26-21-11-5-4-10-18(20)21/h1-13,15,19,26H,14,16H2,(H,27,29). The molecule has 0 aliphatic rings. The molecule has 6 heteroatoms. The van der Waals surface area contributed by atoms with Crippen molar-refractivity contribution in [3.8, 4) is 0 Å². The molecule has 31 heavy (non-hydrogen) atoms. The zero-order valence-corrected chi connectivity index (χ0v) is 17.6. The Bertz CT molecular complexity index is 1290. The summed E-state index contributed by atoms with van der Waals surface area (Å²) in [5, 5.41) is 4.77. The lowest BCUT2D eigenvalue weighted by Gasteiger charge is -2.18. The number of amides is 1. The van der Waals surface area contributed by atoms with Gasteiger partial charge in [-0.15, -0.1) is 0 Å². The summed E-state index contributed by atoms with van der Waals surface area (Å²) in [6.07, 6.45) is 2.04. The summed E-state index contributed by atoms with van der Waals surface area (Å²) >= 11 is 1.31. The molecule has 0 spiro atoms. The van der Waals surface area contributed by atoms with Crippen LogP contribution in [0.3, 0.4) is 0 Å². The van der Waals surface area contributed by atoms with Crippen LogP contribution < -0.4 is 5.32 Å². The Morgan fingerprint density at radius 3 is 2.65 bits per heavy atom. The third kappa shape index (κ3) is 4.20. The maximum atomic E-state index is 12.6. The van der Waals surface area contributed by atoms with Crippen molar-refractivity contribution >= 4 is 39.7 Å². The van der Waals surface area contributed by atoms with E-state index in [1.807, 2.05) is 60.8 Å². The minimum atomic E-state index is -0.0481. The topological polar surface area (TPSA) is 70.9 Å². The molecule has 0 radical (unpaired) electrons. The van der Waals surface area contributed by atoms with Gasteiger partial charge in [0.1, 0.15) is 5.52 Å². The number of thioether (sulfide) groups is 1. The first kappa shape index (κ1) is 19.5. The second-order valence-corrected chi connectivity index (χ2v) is 8.22. The predicted octanol–water partition coefficient (Wildman–Crippen LogP) is 5.35. The molecule has 2 aromatic heterocycles. The molecule has 5 rings (SSSR count). The number of fused-ring (bicyclic) bond motifs is 2. The van der Waals surface area contributed by atoms with Gasteiger partial charge in [0.2, 0.25) is 5.91 Å². The first-order valence-electron chi connectivity index (χ1n) is 10.1. The van der Waals surface area contributed by atoms with E-state index in [0.29, 0.717) is 11.8 Å². The maximum Gasteiger partial charge on any atom is 0.257 e. The molecule has 154 valence electrons. The summed E-state index contributed by atoms with van der Waals surface area (Å²) in [5.41, 5.74) is 4.96. The normalized spacial score (nSPS) is 12.3. The summed E-state index contributed by atoms with van der Waals surface area (Å²) in [5.74, 6) is 0.256. The minimum absolute atomic E-state index is 0.0481. The number of H-pyrrole nitrogens is 1. The smallest absolute Gasteiger partial charge is 0.257 e. The van der Waals surface area contributed by atoms with Crippen molar-refractivity contribution in [1.82, 2.24) is 15.3 Å². The fourth-order valence-corrected chi connectivity index (χ4v) is 4.45. The second kappa shape index (κ2) is 8.70. The highest BCUT2D eigenvalue weighted by molar-refractivity contribution is 7.99. The van der Waals surface area contributed by atoms with Crippen LogP contribution in [-0.4, -0.2) is 28.2 Å². The lowest BCUT2D eigenvalue weighted by molar-refractivity contribution is -0.118. The Hall–Kier alpha value is -3.51. The highest BCUT2D eigenvalue weighted by atomic mass is 32.2. The van der Waals surface area contributed by atoms with Crippen LogP contribution in [0.15, 0.2) is 94.7 Å². The second-order valence-electron chi connectivity index (χ2n) is 7.29. The molecule has 2 heterocycles. The van der Waals surface area contributed by atoms with Crippen molar-refractivity contribution in [1.29, 1.82) is 0 Å². The molecule has 1 amide bonds. The average Bonchev–Trinajstić information content (AvgIpc) is 3.43. The molecule has 0 saturated heterocycles. The Labute approximate surface area is 183 Å². The van der Waals surface area contributed by atoms with E-state index >= 15 is 0 Å². The van der Waals surface area contributed by atoms with Crippen molar-refractivity contribution in [2.24, 2.45) is 0 Å². The van der Waals surface area contributed by atoms with Gasteiger partial charge in [0.25, 0.3) is 5.22 Å². The molecule has 5 aromatic rings. The van der Waals surface area contributed by atoms with E-state index in [2.05, 4.69) is 39.6 Å². The van der Waals surface area contributed by atoms with Gasteiger partial charge in [0, 0.05) is 29.6 Å². The quantitative estimate of drug-likeness (QED) is 0.344. The number of hydrogen-bond donors (Lipinski definition) is 2. The molecule has 3 aromatic carbocycles. The number of rotatable bonds is 7. The van der Waals surface area contributed by atoms with E-state index in [0.717, 1.165) is 16.6 Å². The van der Waals surface area contributed by atoms with Gasteiger partial charge in [-0.25, -0.2) is 4.98 Å². The third-order valence-corrected chi connectivity index (χ3v) is 6.13. The van der Waals surface area contributed by atoms with Gasteiger partial charge in [-0.2, -0.15) is 0 Å². The molecular formula is C25H21N3O2S. The van der Waals surface area contributed by atoms with Crippen LogP contribution in [0.1, 0.15) is 17.0 Å². The molecule has 0 aliphatic carbocycles. The van der Waals surface area contributed by atoms with Gasteiger partial charge in [-0.3, -0.25) is 4.79 Å². The van der Waals surface area contributed by atoms with Crippen molar-refractivity contribution in [3.05, 3.63) is 96.2 Å². The van der Waals surface area contributed by atoms with Crippen molar-refractivity contribution < 1.29 is 9.21 Å². The van der Waals surface area contributed by atoms with E-state index in [-0.39, 0.29) is 17.6 Å². The van der Waals surface area contributed by atoms with E-state index < -0.39 is 0 Å². The van der Waals surface area contributed by atoms with E-state index in [1.54, 1.807) is 0 Å². The molecule has 0 saturated carbocycles. The van der Waals surface area contributed by atoms with Crippen LogP contribution in [0.5, 0.6) is 0 Å². The number of nitrogens with zero attached hydrogens (tertiary/aromatic N) is 1. The Morgan fingerprint density at radius 2 is 1.77 bits per heavy atom. The molecule has 1 unspecified atom stereocenters. The van der Waals surface area contributed by atoms with Gasteiger partial charge in [0.15, 0.2) is 5.58 Å². The number of hydrogen-bond acceptors (Lipinski definition) is 4. The number of nitrogens with one attached hydrogen (secondary N) is 2. The fraction of sp³-hybridized carbons (Fsp3) is 0.120. The summed E-state index contributed by atoms with van der Waals surface area (Å²) in [6, 6.07) is 26.1. The molecular weight excluding hydrogens is 406 g/mol. The number of benzene rings is 3. The van der Waals surface area contributed by atoms with Crippen LogP contribution in [0.2, 0.25) is 0 Å². The molecule has 0 bridgehead atoms. The van der Waals surface area contributed by atoms with E-state index in [1.165, 1.54) is 28.3 Å². The highest BCUT2D eigenvalue weighted by Crippen LogP contribution is 2.30. The minimum Gasteiger partial charge on any atom is -0.431 e. The monoisotopic (exact) mass is 427 g/mol. The molecule has 2 N–H and O–H groups in total. The van der Waals surface area contributed by atoms with E-state index in [4.69, 9.17) is 4.42 Å². The van der Waals surface area contributed by atoms with Gasteiger partial charge in [-0.1, -0.05) is 72.4 Å². The molecule has 0 aliphatic heterocycles. The van der Waals surface area contributed by atoms with Crippen LogP contribution in [0.4, 0.5) is 0 Å². The molecule has 1 atom stereocenters. The largest absolute Gasteiger partial charge is 0.431 e. The number of oxazole rings is 1. The van der Waals surface area contributed by atoms with Crippen molar-refractivity contribution in [2.75, 3.05) is 12.3 Å². The van der Waals surface area contributed by atoms with E-state index in [9.17, 15) is 4.79 Å². The number of aromatic nitrogens is 2. The first-order valence-corrected chi connectivity index (χ1v) is 11.1. The Balaban J connectivity index is 1.29. The third-order valence-electron chi connectivity index (χ3n) is 5.30. The van der Waals surface area contributed by atoms with Crippen LogP contribution in [0, 0.1) is 0 Å². The lowest BCUT2D eigenvalue weighted by Crippen LogP contribution is -2.30. The molecule has 5 nitrogen and oxygen atoms in total. The van der Waals surface area contributed by atoms with Crippen LogP contribution >= 0.6 is 11.8 Å². The zero-order chi connectivity index (χ0) is 21.0. The van der Waals surface area contributed by atoms with Gasteiger partial charge < -0.3 is 14.7 Å². The predicted molar refractivity (Wildman–Crippen MR) is 124 cm³/mol. The molecule has 0 fully saturated rings. The van der Waals surface area contributed by atoms with Gasteiger partial charge in [0.05, 0.1) is 5.75 Å². The number of carbonyl (C=O) groups is 1. The summed E-state index contributed by atoms with van der Waals surface area (Å²) in [4.78, 5) is 20.4. The van der Waals surface area contributed by atoms with Crippen molar-refractivity contribution in [2.45, 2.75) is 11.1 Å². The summed E-state index contributed by atoms with van der Waals surface area (Å²) in [7, 11) is 0. The highest BCUT2D eigenvalue weighted by Gasteiger charge is 2.19. The summed E-state index contributed by atoms with van der Waals surface area (Å²) < 4.78 is 5.69. The maximum absolute atomic E-state index is 12.6.